The predicted molar refractivity (Wildman–Crippen MR) is 111 cm³/mol. The first-order valence-corrected chi connectivity index (χ1v) is 12.8. The van der Waals surface area contributed by atoms with Gasteiger partial charge in [0.1, 0.15) is 5.75 Å². The van der Waals surface area contributed by atoms with Gasteiger partial charge in [0.15, 0.2) is 0 Å². The van der Waals surface area contributed by atoms with Crippen LogP contribution in [0.3, 0.4) is 0 Å². The van der Waals surface area contributed by atoms with Crippen LogP contribution in [-0.4, -0.2) is 32.0 Å². The average molecular weight is 436 g/mol. The molecule has 0 spiro atoms. The molecular weight excluding hydrogens is 402 g/mol. The Morgan fingerprint density at radius 1 is 0.750 bits per heavy atom. The molecule has 28 heavy (non-hydrogen) atoms. The fraction of sp³-hybridized carbons (Fsp3) is 0.684. The Morgan fingerprint density at radius 3 is 1.39 bits per heavy atom. The molecular formula is C19H34O7P2. The van der Waals surface area contributed by atoms with Gasteiger partial charge in [0.2, 0.25) is 0 Å². The fourth-order valence-electron chi connectivity index (χ4n) is 2.51. The van der Waals surface area contributed by atoms with Gasteiger partial charge in [-0.1, -0.05) is 32.9 Å². The highest BCUT2D eigenvalue weighted by Gasteiger charge is 2.53. The van der Waals surface area contributed by atoms with Gasteiger partial charge in [0, 0.05) is 0 Å². The van der Waals surface area contributed by atoms with Crippen molar-refractivity contribution in [3.8, 4) is 5.75 Å². The van der Waals surface area contributed by atoms with Crippen molar-refractivity contribution in [2.24, 2.45) is 0 Å². The molecule has 7 nitrogen and oxygen atoms in total. The molecule has 1 aromatic rings. The van der Waals surface area contributed by atoms with Gasteiger partial charge in [-0.05, 0) is 50.8 Å². The summed E-state index contributed by atoms with van der Waals surface area (Å²) in [6.07, 6.45) is 0. The maximum Gasteiger partial charge on any atom is 0.383 e. The number of benzene rings is 1. The molecule has 0 aliphatic heterocycles. The predicted octanol–water partition coefficient (Wildman–Crippen LogP) is 6.18. The van der Waals surface area contributed by atoms with Gasteiger partial charge in [-0.3, -0.25) is 9.13 Å². The monoisotopic (exact) mass is 436 g/mol. The van der Waals surface area contributed by atoms with Gasteiger partial charge in [0.25, 0.3) is 5.59 Å². The van der Waals surface area contributed by atoms with Crippen LogP contribution >= 0.6 is 15.2 Å². The van der Waals surface area contributed by atoms with Crippen molar-refractivity contribution in [2.75, 3.05) is 26.4 Å². The van der Waals surface area contributed by atoms with Crippen LogP contribution in [0.2, 0.25) is 0 Å². The topological polar surface area (TPSA) is 80.3 Å². The third kappa shape index (κ3) is 6.69. The number of ether oxygens (including phenoxy) is 1. The molecule has 1 aromatic carbocycles. The number of hydrogen-bond donors (Lipinski definition) is 0. The van der Waals surface area contributed by atoms with Gasteiger partial charge in [-0.15, -0.1) is 0 Å². The van der Waals surface area contributed by atoms with Gasteiger partial charge in [0.05, 0.1) is 26.4 Å². The summed E-state index contributed by atoms with van der Waals surface area (Å²) in [5.74, 6) is 0.372. The Kier molecular flexibility index (Phi) is 9.88. The van der Waals surface area contributed by atoms with Gasteiger partial charge in [-0.2, -0.15) is 0 Å². The molecule has 0 radical (unpaired) electrons. The molecule has 0 saturated heterocycles. The highest BCUT2D eigenvalue weighted by atomic mass is 31.2. The molecule has 0 heterocycles. The molecule has 1 rings (SSSR count). The molecule has 0 fully saturated rings. The summed E-state index contributed by atoms with van der Waals surface area (Å²) in [6.45, 7) is 13.4. The van der Waals surface area contributed by atoms with Crippen LogP contribution in [0, 0.1) is 0 Å². The zero-order chi connectivity index (χ0) is 21.4. The normalized spacial score (nSPS) is 13.1. The zero-order valence-corrected chi connectivity index (χ0v) is 19.8. The summed E-state index contributed by atoms with van der Waals surface area (Å²) >= 11 is 0. The molecule has 0 saturated carbocycles. The summed E-state index contributed by atoms with van der Waals surface area (Å²) in [4.78, 5) is 0. The van der Waals surface area contributed by atoms with Crippen molar-refractivity contribution < 1.29 is 32.0 Å². The van der Waals surface area contributed by atoms with Crippen molar-refractivity contribution in [3.63, 3.8) is 0 Å². The molecule has 9 heteroatoms. The van der Waals surface area contributed by atoms with Crippen molar-refractivity contribution in [1.29, 1.82) is 0 Å². The van der Waals surface area contributed by atoms with Crippen LogP contribution < -0.4 is 4.74 Å². The quantitative estimate of drug-likeness (QED) is 0.362. The fourth-order valence-corrected chi connectivity index (χ4v) is 7.29. The minimum Gasteiger partial charge on any atom is -0.465 e. The Labute approximate surface area is 169 Å². The number of hydrogen-bond acceptors (Lipinski definition) is 7. The first-order chi connectivity index (χ1) is 13.1. The smallest absolute Gasteiger partial charge is 0.383 e. The second-order valence-corrected chi connectivity index (χ2v) is 11.5. The molecule has 0 aromatic heterocycles. The third-order valence-electron chi connectivity index (χ3n) is 3.74. The van der Waals surface area contributed by atoms with E-state index >= 15 is 0 Å². The van der Waals surface area contributed by atoms with Crippen LogP contribution in [0.5, 0.6) is 5.75 Å². The van der Waals surface area contributed by atoms with Gasteiger partial charge < -0.3 is 22.8 Å². The molecule has 0 N–H and O–H groups in total. The van der Waals surface area contributed by atoms with Gasteiger partial charge in [-0.25, -0.2) is 0 Å². The Hall–Kier alpha value is -0.680. The van der Waals surface area contributed by atoms with Crippen LogP contribution in [0.15, 0.2) is 24.3 Å². The highest BCUT2D eigenvalue weighted by molar-refractivity contribution is 7.72. The molecule has 0 unspecified atom stereocenters. The SMILES string of the molecule is CCOP(=O)(OCC)C(Oc1ccc(C(C)(C)C)cc1)P(=O)(OCC)OCC. The summed E-state index contributed by atoms with van der Waals surface area (Å²) in [7, 11) is -7.91. The van der Waals surface area contributed by atoms with E-state index in [-0.39, 0.29) is 31.8 Å². The van der Waals surface area contributed by atoms with Crippen LogP contribution in [0.1, 0.15) is 54.0 Å². The van der Waals surface area contributed by atoms with E-state index in [1.807, 2.05) is 12.1 Å². The Bertz CT molecular complexity index is 633. The lowest BCUT2D eigenvalue weighted by Crippen LogP contribution is -2.23. The van der Waals surface area contributed by atoms with E-state index in [9.17, 15) is 9.13 Å². The van der Waals surface area contributed by atoms with Crippen molar-refractivity contribution in [1.82, 2.24) is 0 Å². The lowest BCUT2D eigenvalue weighted by molar-refractivity contribution is 0.150. The summed E-state index contributed by atoms with van der Waals surface area (Å²) in [5.41, 5.74) is -0.456. The van der Waals surface area contributed by atoms with E-state index in [4.69, 9.17) is 22.8 Å². The first-order valence-electron chi connectivity index (χ1n) is 9.61. The maximum atomic E-state index is 13.4. The van der Waals surface area contributed by atoms with E-state index in [0.29, 0.717) is 5.75 Å². The minimum atomic E-state index is -3.96. The summed E-state index contributed by atoms with van der Waals surface area (Å²) < 4.78 is 54.4. The largest absolute Gasteiger partial charge is 0.465 e. The molecule has 162 valence electrons. The van der Waals surface area contributed by atoms with E-state index in [1.54, 1.807) is 39.8 Å². The third-order valence-corrected chi connectivity index (χ3v) is 9.20. The molecule has 0 aliphatic rings. The molecule has 0 atom stereocenters. The van der Waals surface area contributed by atoms with E-state index in [1.165, 1.54) is 0 Å². The average Bonchev–Trinajstić information content (AvgIpc) is 2.60. The Morgan fingerprint density at radius 2 is 1.11 bits per heavy atom. The minimum absolute atomic E-state index is 0.0319. The Balaban J connectivity index is 3.37. The standard InChI is InChI=1S/C19H34O7P2/c1-8-22-27(20,23-9-2)18(28(21,24-10-3)25-11-4)26-17-14-12-16(13-15-17)19(5,6)7/h12-15,18H,8-11H2,1-7H3. The molecule has 0 aliphatic carbocycles. The molecule has 0 bridgehead atoms. The van der Waals surface area contributed by atoms with Crippen molar-refractivity contribution in [2.45, 2.75) is 59.5 Å². The van der Waals surface area contributed by atoms with Crippen molar-refractivity contribution >= 4 is 15.2 Å². The zero-order valence-electron chi connectivity index (χ0n) is 18.0. The van der Waals surface area contributed by atoms with E-state index in [2.05, 4.69) is 20.8 Å². The number of rotatable bonds is 12. The van der Waals surface area contributed by atoms with Crippen LogP contribution in [0.25, 0.3) is 0 Å². The van der Waals surface area contributed by atoms with Crippen LogP contribution in [-0.2, 0) is 32.6 Å². The maximum absolute atomic E-state index is 13.4. The van der Waals surface area contributed by atoms with E-state index < -0.39 is 20.8 Å². The highest BCUT2D eigenvalue weighted by Crippen LogP contribution is 2.70. The second-order valence-electron chi connectivity index (χ2n) is 6.97. The van der Waals surface area contributed by atoms with Crippen LogP contribution in [0.4, 0.5) is 0 Å². The first kappa shape index (κ1) is 25.4. The van der Waals surface area contributed by atoms with Gasteiger partial charge >= 0.3 is 15.2 Å². The molecule has 0 amide bonds. The second kappa shape index (κ2) is 10.9. The summed E-state index contributed by atoms with van der Waals surface area (Å²) in [6, 6.07) is 7.28. The lowest BCUT2D eigenvalue weighted by atomic mass is 9.87. The van der Waals surface area contributed by atoms with Crippen molar-refractivity contribution in [3.05, 3.63) is 29.8 Å². The van der Waals surface area contributed by atoms with E-state index in [0.717, 1.165) is 5.56 Å². The lowest BCUT2D eigenvalue weighted by Gasteiger charge is -2.31. The summed E-state index contributed by atoms with van der Waals surface area (Å²) in [5, 5.41) is 0.